The molecule has 0 saturated carbocycles. The van der Waals surface area contributed by atoms with Crippen LogP contribution >= 0.6 is 11.6 Å². The number of Topliss-reactive ketones (excluding diaryl/α,β-unsaturated/α-hetero) is 1. The molecule has 2 N–H and O–H groups in total. The summed E-state index contributed by atoms with van der Waals surface area (Å²) in [5, 5.41) is 3.46. The zero-order valence-corrected chi connectivity index (χ0v) is 12.9. The highest BCUT2D eigenvalue weighted by Crippen LogP contribution is 2.22. The molecule has 0 spiro atoms. The van der Waals surface area contributed by atoms with Crippen molar-refractivity contribution in [3.63, 3.8) is 0 Å². The van der Waals surface area contributed by atoms with E-state index in [1.807, 2.05) is 0 Å². The van der Waals surface area contributed by atoms with Crippen LogP contribution in [0.1, 0.15) is 15.9 Å². The minimum Gasteiger partial charge on any atom is -0.360 e. The van der Waals surface area contributed by atoms with E-state index >= 15 is 0 Å². The third-order valence-corrected chi connectivity index (χ3v) is 3.77. The molecule has 0 atom stereocenters. The van der Waals surface area contributed by atoms with E-state index in [0.29, 0.717) is 21.6 Å². The zero-order chi connectivity index (χ0) is 16.6. The van der Waals surface area contributed by atoms with Gasteiger partial charge in [-0.2, -0.15) is 0 Å². The molecule has 0 radical (unpaired) electrons. The Morgan fingerprint density at radius 2 is 1.96 bits per heavy atom. The minimum absolute atomic E-state index is 0.128. The third-order valence-electron chi connectivity index (χ3n) is 3.53. The number of rotatable bonds is 3. The van der Waals surface area contributed by atoms with Crippen LogP contribution in [0.4, 0.5) is 10.1 Å². The number of nitrogens with one attached hydrogen (secondary N) is 2. The monoisotopic (exact) mass is 330 g/mol. The number of amides is 1. The number of carbonyl (C=O) groups is 2. The van der Waals surface area contributed by atoms with Gasteiger partial charge in [-0.15, -0.1) is 0 Å². The molecule has 6 heteroatoms. The largest absolute Gasteiger partial charge is 0.360 e. The topological polar surface area (TPSA) is 62.0 Å². The fourth-order valence-corrected chi connectivity index (χ4v) is 2.58. The van der Waals surface area contributed by atoms with Crippen molar-refractivity contribution in [3.8, 4) is 0 Å². The van der Waals surface area contributed by atoms with Crippen LogP contribution in [0.2, 0.25) is 5.02 Å². The highest BCUT2D eigenvalue weighted by molar-refractivity contribution is 6.48. The molecule has 1 aromatic heterocycles. The van der Waals surface area contributed by atoms with Gasteiger partial charge < -0.3 is 10.3 Å². The van der Waals surface area contributed by atoms with E-state index in [4.69, 9.17) is 11.6 Å². The summed E-state index contributed by atoms with van der Waals surface area (Å²) in [5.74, 6) is -2.00. The van der Waals surface area contributed by atoms with Gasteiger partial charge in [-0.1, -0.05) is 11.6 Å². The number of aromatic amines is 1. The molecule has 0 bridgehead atoms. The number of H-pyrrole nitrogens is 1. The number of fused-ring (bicyclic) bond motifs is 1. The Morgan fingerprint density at radius 1 is 1.17 bits per heavy atom. The van der Waals surface area contributed by atoms with Gasteiger partial charge in [-0.25, -0.2) is 4.39 Å². The summed E-state index contributed by atoms with van der Waals surface area (Å²) in [6, 6.07) is 8.95. The van der Waals surface area contributed by atoms with Gasteiger partial charge in [0.25, 0.3) is 11.7 Å². The molecule has 3 rings (SSSR count). The standard InChI is InChI=1S/C17H12ClFN2O2/c1-9-6-10(18)2-4-14(9)21-17(23)16(22)13-8-20-15-5-3-11(19)7-12(13)15/h2-8,20H,1H3,(H,21,23). The zero-order valence-electron chi connectivity index (χ0n) is 12.1. The molecule has 0 saturated heterocycles. The van der Waals surface area contributed by atoms with Gasteiger partial charge in [-0.3, -0.25) is 9.59 Å². The van der Waals surface area contributed by atoms with Crippen LogP contribution in [0, 0.1) is 12.7 Å². The fourth-order valence-electron chi connectivity index (χ4n) is 2.35. The molecule has 2 aromatic carbocycles. The lowest BCUT2D eigenvalue weighted by Crippen LogP contribution is -2.23. The number of halogens is 2. The maximum atomic E-state index is 13.4. The molecule has 0 aliphatic rings. The number of ketones is 1. The Hall–Kier alpha value is -2.66. The number of carbonyl (C=O) groups excluding carboxylic acids is 2. The van der Waals surface area contributed by atoms with Crippen molar-refractivity contribution in [1.29, 1.82) is 0 Å². The SMILES string of the molecule is Cc1cc(Cl)ccc1NC(=O)C(=O)c1c[nH]c2ccc(F)cc12. The number of hydrogen-bond acceptors (Lipinski definition) is 2. The van der Waals surface area contributed by atoms with Crippen molar-refractivity contribution in [3.05, 3.63) is 64.6 Å². The van der Waals surface area contributed by atoms with Gasteiger partial charge in [-0.05, 0) is 48.9 Å². The van der Waals surface area contributed by atoms with Crippen LogP contribution in [0.3, 0.4) is 0 Å². The molecular weight excluding hydrogens is 319 g/mol. The number of hydrogen-bond donors (Lipinski definition) is 2. The van der Waals surface area contributed by atoms with Gasteiger partial charge >= 0.3 is 0 Å². The molecule has 0 unspecified atom stereocenters. The molecule has 0 aliphatic carbocycles. The van der Waals surface area contributed by atoms with Crippen molar-refractivity contribution < 1.29 is 14.0 Å². The van der Waals surface area contributed by atoms with Crippen molar-refractivity contribution >= 4 is 39.9 Å². The summed E-state index contributed by atoms with van der Waals surface area (Å²) in [6.07, 6.45) is 1.40. The Bertz CT molecular complexity index is 933. The van der Waals surface area contributed by atoms with Gasteiger partial charge in [0, 0.05) is 27.8 Å². The first-order chi connectivity index (χ1) is 11.0. The average molecular weight is 331 g/mol. The van der Waals surface area contributed by atoms with E-state index < -0.39 is 17.5 Å². The van der Waals surface area contributed by atoms with Crippen LogP contribution in [-0.4, -0.2) is 16.7 Å². The molecule has 1 amide bonds. The summed E-state index contributed by atoms with van der Waals surface area (Å²) in [7, 11) is 0. The maximum absolute atomic E-state index is 13.4. The fraction of sp³-hybridized carbons (Fsp3) is 0.0588. The van der Waals surface area contributed by atoms with Gasteiger partial charge in [0.15, 0.2) is 0 Å². The van der Waals surface area contributed by atoms with E-state index in [2.05, 4.69) is 10.3 Å². The lowest BCUT2D eigenvalue weighted by molar-refractivity contribution is -0.112. The highest BCUT2D eigenvalue weighted by Gasteiger charge is 2.21. The first-order valence-electron chi connectivity index (χ1n) is 6.84. The van der Waals surface area contributed by atoms with Gasteiger partial charge in [0.1, 0.15) is 5.82 Å². The second-order valence-electron chi connectivity index (χ2n) is 5.13. The van der Waals surface area contributed by atoms with E-state index in [0.717, 1.165) is 5.56 Å². The van der Waals surface area contributed by atoms with Crippen LogP contribution in [0.15, 0.2) is 42.6 Å². The molecule has 0 fully saturated rings. The van der Waals surface area contributed by atoms with E-state index in [1.54, 1.807) is 25.1 Å². The lowest BCUT2D eigenvalue weighted by Gasteiger charge is -2.07. The average Bonchev–Trinajstić information content (AvgIpc) is 2.92. The Balaban J connectivity index is 1.89. The second kappa shape index (κ2) is 5.85. The Kier molecular flexibility index (Phi) is 3.88. The Labute approximate surface area is 136 Å². The smallest absolute Gasteiger partial charge is 0.296 e. The summed E-state index contributed by atoms with van der Waals surface area (Å²) in [5.41, 5.74) is 1.95. The second-order valence-corrected chi connectivity index (χ2v) is 5.57. The summed E-state index contributed by atoms with van der Waals surface area (Å²) < 4.78 is 13.4. The molecule has 23 heavy (non-hydrogen) atoms. The predicted octanol–water partition coefficient (Wildman–Crippen LogP) is 4.09. The lowest BCUT2D eigenvalue weighted by atomic mass is 10.1. The van der Waals surface area contributed by atoms with Crippen molar-refractivity contribution in [2.24, 2.45) is 0 Å². The van der Waals surface area contributed by atoms with Crippen molar-refractivity contribution in [1.82, 2.24) is 4.98 Å². The normalized spacial score (nSPS) is 10.7. The first-order valence-corrected chi connectivity index (χ1v) is 7.22. The minimum atomic E-state index is -0.791. The van der Waals surface area contributed by atoms with Crippen LogP contribution in [0.5, 0.6) is 0 Å². The van der Waals surface area contributed by atoms with Gasteiger partial charge in [0.05, 0.1) is 5.56 Å². The van der Waals surface area contributed by atoms with Crippen molar-refractivity contribution in [2.75, 3.05) is 5.32 Å². The summed E-state index contributed by atoms with van der Waals surface area (Å²) >= 11 is 5.86. The number of aryl methyl sites for hydroxylation is 1. The molecule has 4 nitrogen and oxygen atoms in total. The molecular formula is C17H12ClFN2O2. The maximum Gasteiger partial charge on any atom is 0.296 e. The number of benzene rings is 2. The highest BCUT2D eigenvalue weighted by atomic mass is 35.5. The quantitative estimate of drug-likeness (QED) is 0.561. The number of anilines is 1. The summed E-state index contributed by atoms with van der Waals surface area (Å²) in [4.78, 5) is 27.4. The molecule has 1 heterocycles. The van der Waals surface area contributed by atoms with E-state index in [1.165, 1.54) is 24.4 Å². The van der Waals surface area contributed by atoms with Crippen molar-refractivity contribution in [2.45, 2.75) is 6.92 Å². The molecule has 3 aromatic rings. The first kappa shape index (κ1) is 15.2. The van der Waals surface area contributed by atoms with Crippen LogP contribution in [-0.2, 0) is 4.79 Å². The molecule has 0 aliphatic heterocycles. The summed E-state index contributed by atoms with van der Waals surface area (Å²) in [6.45, 7) is 1.77. The van der Waals surface area contributed by atoms with Crippen LogP contribution in [0.25, 0.3) is 10.9 Å². The van der Waals surface area contributed by atoms with Crippen LogP contribution < -0.4 is 5.32 Å². The molecule has 116 valence electrons. The Morgan fingerprint density at radius 3 is 2.70 bits per heavy atom. The predicted molar refractivity (Wildman–Crippen MR) is 87.4 cm³/mol. The number of aromatic nitrogens is 1. The third kappa shape index (κ3) is 2.96. The van der Waals surface area contributed by atoms with Gasteiger partial charge in [0.2, 0.25) is 0 Å². The van der Waals surface area contributed by atoms with E-state index in [9.17, 15) is 14.0 Å². The van der Waals surface area contributed by atoms with E-state index in [-0.39, 0.29) is 5.56 Å².